The third kappa shape index (κ3) is 1.71. The Balaban J connectivity index is 1.75. The van der Waals surface area contributed by atoms with Crippen molar-refractivity contribution < 1.29 is 9.53 Å². The predicted molar refractivity (Wildman–Crippen MR) is 44.8 cm³/mol. The largest absolute Gasteiger partial charge is 0.447 e. The average molecular weight is 169 g/mol. The van der Waals surface area contributed by atoms with E-state index in [9.17, 15) is 4.79 Å². The minimum absolute atomic E-state index is 0.238. The Morgan fingerprint density at radius 2 is 2.17 bits per heavy atom. The summed E-state index contributed by atoms with van der Waals surface area (Å²) in [5, 5.41) is 2.82. The first kappa shape index (κ1) is 7.90. The van der Waals surface area contributed by atoms with Gasteiger partial charge in [0.05, 0.1) is 6.04 Å². The van der Waals surface area contributed by atoms with Gasteiger partial charge in [0.15, 0.2) is 0 Å². The summed E-state index contributed by atoms with van der Waals surface area (Å²) >= 11 is 0. The quantitative estimate of drug-likeness (QED) is 0.683. The number of carbonyl (C=O) groups excluding carboxylic acids is 1. The van der Waals surface area contributed by atoms with E-state index in [0.29, 0.717) is 12.6 Å². The molecule has 1 amide bonds. The molecule has 0 aromatic heterocycles. The number of hydrogen-bond donors (Lipinski definition) is 1. The van der Waals surface area contributed by atoms with Crippen LogP contribution in [-0.2, 0) is 4.74 Å². The lowest BCUT2D eigenvalue weighted by Gasteiger charge is -2.12. The highest BCUT2D eigenvalue weighted by Crippen LogP contribution is 2.29. The molecule has 1 N–H and O–H groups in total. The molecule has 0 aromatic carbocycles. The van der Waals surface area contributed by atoms with E-state index < -0.39 is 0 Å². The Kier molecular flexibility index (Phi) is 2.19. The SMILES string of the molecule is O=C1NC(CC2CCCC2)CO1. The number of cyclic esters (lactones) is 1. The Bertz CT molecular complexity index is 175. The Labute approximate surface area is 72.5 Å². The molecule has 68 valence electrons. The molecule has 0 spiro atoms. The number of rotatable bonds is 2. The molecule has 12 heavy (non-hydrogen) atoms. The maximum Gasteiger partial charge on any atom is 0.407 e. The molecular formula is C9H15NO2. The second-order valence-electron chi connectivity index (χ2n) is 3.83. The average Bonchev–Trinajstić information content (AvgIpc) is 2.63. The van der Waals surface area contributed by atoms with Crippen LogP contribution < -0.4 is 5.32 Å². The van der Waals surface area contributed by atoms with E-state index in [2.05, 4.69) is 5.32 Å². The van der Waals surface area contributed by atoms with Crippen LogP contribution in [0.1, 0.15) is 32.1 Å². The summed E-state index contributed by atoms with van der Waals surface area (Å²) in [4.78, 5) is 10.7. The molecule has 0 aromatic rings. The molecule has 1 aliphatic heterocycles. The van der Waals surface area contributed by atoms with Crippen LogP contribution in [0.2, 0.25) is 0 Å². The Morgan fingerprint density at radius 1 is 1.42 bits per heavy atom. The normalized spacial score (nSPS) is 30.3. The lowest BCUT2D eigenvalue weighted by molar-refractivity contribution is 0.176. The van der Waals surface area contributed by atoms with E-state index in [1.165, 1.54) is 25.7 Å². The van der Waals surface area contributed by atoms with Gasteiger partial charge in [-0.05, 0) is 12.3 Å². The molecule has 1 saturated carbocycles. The summed E-state index contributed by atoms with van der Waals surface area (Å²) in [6.07, 6.45) is 6.29. The predicted octanol–water partition coefficient (Wildman–Crippen LogP) is 1.68. The van der Waals surface area contributed by atoms with Crippen molar-refractivity contribution in [2.45, 2.75) is 38.1 Å². The number of nitrogens with one attached hydrogen (secondary N) is 1. The molecule has 1 atom stereocenters. The number of amides is 1. The van der Waals surface area contributed by atoms with Crippen molar-refractivity contribution in [3.05, 3.63) is 0 Å². The van der Waals surface area contributed by atoms with Crippen LogP contribution in [0.25, 0.3) is 0 Å². The number of ether oxygens (including phenoxy) is 1. The zero-order valence-corrected chi connectivity index (χ0v) is 7.21. The second kappa shape index (κ2) is 3.33. The fourth-order valence-electron chi connectivity index (χ4n) is 2.20. The topological polar surface area (TPSA) is 38.3 Å². The van der Waals surface area contributed by atoms with Crippen molar-refractivity contribution in [1.29, 1.82) is 0 Å². The number of alkyl carbamates (subject to hydrolysis) is 1. The van der Waals surface area contributed by atoms with Crippen molar-refractivity contribution in [2.75, 3.05) is 6.61 Å². The second-order valence-corrected chi connectivity index (χ2v) is 3.83. The Morgan fingerprint density at radius 3 is 2.75 bits per heavy atom. The van der Waals surface area contributed by atoms with Gasteiger partial charge in [0.1, 0.15) is 6.61 Å². The van der Waals surface area contributed by atoms with E-state index in [1.807, 2.05) is 0 Å². The van der Waals surface area contributed by atoms with Crippen LogP contribution >= 0.6 is 0 Å². The lowest BCUT2D eigenvalue weighted by atomic mass is 9.99. The summed E-state index contributed by atoms with van der Waals surface area (Å²) in [6.45, 7) is 0.579. The van der Waals surface area contributed by atoms with Crippen LogP contribution in [0, 0.1) is 5.92 Å². The third-order valence-electron chi connectivity index (χ3n) is 2.83. The van der Waals surface area contributed by atoms with Crippen LogP contribution in [0.3, 0.4) is 0 Å². The highest BCUT2D eigenvalue weighted by atomic mass is 16.6. The van der Waals surface area contributed by atoms with Gasteiger partial charge in [-0.3, -0.25) is 0 Å². The molecule has 2 fully saturated rings. The van der Waals surface area contributed by atoms with Crippen LogP contribution in [0.5, 0.6) is 0 Å². The van der Waals surface area contributed by atoms with Gasteiger partial charge < -0.3 is 10.1 Å². The van der Waals surface area contributed by atoms with Crippen LogP contribution in [0.15, 0.2) is 0 Å². The van der Waals surface area contributed by atoms with Gasteiger partial charge in [0.2, 0.25) is 0 Å². The van der Waals surface area contributed by atoms with Crippen molar-refractivity contribution in [1.82, 2.24) is 5.32 Å². The van der Waals surface area contributed by atoms with Crippen LogP contribution in [0.4, 0.5) is 4.79 Å². The van der Waals surface area contributed by atoms with E-state index in [4.69, 9.17) is 4.74 Å². The minimum Gasteiger partial charge on any atom is -0.447 e. The van der Waals surface area contributed by atoms with E-state index in [-0.39, 0.29) is 6.09 Å². The molecule has 2 aliphatic rings. The Hall–Kier alpha value is -0.730. The summed E-state index contributed by atoms with van der Waals surface area (Å²) in [5.74, 6) is 0.831. The first-order valence-corrected chi connectivity index (χ1v) is 4.78. The van der Waals surface area contributed by atoms with Gasteiger partial charge in [-0.25, -0.2) is 4.79 Å². The smallest absolute Gasteiger partial charge is 0.407 e. The van der Waals surface area contributed by atoms with Crippen molar-refractivity contribution in [2.24, 2.45) is 5.92 Å². The molecule has 0 bridgehead atoms. The molecule has 3 nitrogen and oxygen atoms in total. The molecule has 1 heterocycles. The summed E-state index contributed by atoms with van der Waals surface area (Å²) < 4.78 is 4.83. The van der Waals surface area contributed by atoms with Crippen molar-refractivity contribution in [3.63, 3.8) is 0 Å². The molecule has 1 unspecified atom stereocenters. The van der Waals surface area contributed by atoms with Gasteiger partial charge >= 0.3 is 6.09 Å². The number of hydrogen-bond acceptors (Lipinski definition) is 2. The molecule has 1 saturated heterocycles. The highest BCUT2D eigenvalue weighted by molar-refractivity contribution is 5.69. The number of carbonyl (C=O) groups is 1. The van der Waals surface area contributed by atoms with Crippen molar-refractivity contribution in [3.8, 4) is 0 Å². The van der Waals surface area contributed by atoms with Gasteiger partial charge in [0, 0.05) is 0 Å². The summed E-state index contributed by atoms with van der Waals surface area (Å²) in [5.41, 5.74) is 0. The maximum absolute atomic E-state index is 10.7. The van der Waals surface area contributed by atoms with E-state index in [1.54, 1.807) is 0 Å². The molecule has 0 radical (unpaired) electrons. The zero-order chi connectivity index (χ0) is 8.39. The summed E-state index contributed by atoms with van der Waals surface area (Å²) in [7, 11) is 0. The molecule has 3 heteroatoms. The molecule has 1 aliphatic carbocycles. The third-order valence-corrected chi connectivity index (χ3v) is 2.83. The first-order chi connectivity index (χ1) is 5.84. The lowest BCUT2D eigenvalue weighted by Crippen LogP contribution is -2.27. The van der Waals surface area contributed by atoms with E-state index >= 15 is 0 Å². The fraction of sp³-hybridized carbons (Fsp3) is 0.889. The highest BCUT2D eigenvalue weighted by Gasteiger charge is 2.26. The van der Waals surface area contributed by atoms with Crippen LogP contribution in [-0.4, -0.2) is 18.7 Å². The van der Waals surface area contributed by atoms with Gasteiger partial charge in [0.25, 0.3) is 0 Å². The van der Waals surface area contributed by atoms with Gasteiger partial charge in [-0.2, -0.15) is 0 Å². The monoisotopic (exact) mass is 169 g/mol. The minimum atomic E-state index is -0.238. The molecular weight excluding hydrogens is 154 g/mol. The van der Waals surface area contributed by atoms with Gasteiger partial charge in [-0.1, -0.05) is 25.7 Å². The zero-order valence-electron chi connectivity index (χ0n) is 7.21. The standard InChI is InChI=1S/C9H15NO2/c11-9-10-8(6-12-9)5-7-3-1-2-4-7/h7-8H,1-6H2,(H,10,11). The molecule has 2 rings (SSSR count). The maximum atomic E-state index is 10.7. The van der Waals surface area contributed by atoms with Gasteiger partial charge in [-0.15, -0.1) is 0 Å². The fourth-order valence-corrected chi connectivity index (χ4v) is 2.20. The van der Waals surface area contributed by atoms with E-state index in [0.717, 1.165) is 12.3 Å². The first-order valence-electron chi connectivity index (χ1n) is 4.78. The summed E-state index contributed by atoms with van der Waals surface area (Å²) in [6, 6.07) is 0.292. The van der Waals surface area contributed by atoms with Crippen molar-refractivity contribution >= 4 is 6.09 Å².